The molecule has 0 aromatic heterocycles. The highest BCUT2D eigenvalue weighted by atomic mass is 32.2. The highest BCUT2D eigenvalue weighted by Gasteiger charge is 2.39. The lowest BCUT2D eigenvalue weighted by atomic mass is 9.78. The average molecular weight is 552 g/mol. The first-order valence-electron chi connectivity index (χ1n) is 12.8. The Morgan fingerprint density at radius 3 is 2.53 bits per heavy atom. The number of aliphatic hydroxyl groups is 1. The summed E-state index contributed by atoms with van der Waals surface area (Å²) in [5, 5.41) is 10.5. The van der Waals surface area contributed by atoms with Crippen LogP contribution in [-0.4, -0.2) is 81.7 Å². The molecule has 2 aliphatic rings. The lowest BCUT2D eigenvalue weighted by Gasteiger charge is -2.44. The molecule has 1 spiro atoms. The number of sulfonamides is 1. The van der Waals surface area contributed by atoms with Gasteiger partial charge in [-0.15, -0.1) is 0 Å². The molecule has 0 bridgehead atoms. The highest BCUT2D eigenvalue weighted by molar-refractivity contribution is 7.89. The fourth-order valence-electron chi connectivity index (χ4n) is 5.22. The lowest BCUT2D eigenvalue weighted by Crippen LogP contribution is -2.52. The number of rotatable bonds is 2. The predicted molar refractivity (Wildman–Crippen MR) is 139 cm³/mol. The molecule has 1 unspecified atom stereocenters. The first-order valence-corrected chi connectivity index (χ1v) is 14.2. The number of piperidine rings is 1. The first kappa shape index (κ1) is 28.4. The molecule has 1 saturated heterocycles. The third kappa shape index (κ3) is 6.33. The van der Waals surface area contributed by atoms with Crippen molar-refractivity contribution in [2.45, 2.75) is 37.7 Å². The summed E-state index contributed by atoms with van der Waals surface area (Å²) >= 11 is 0. The molecular weight excluding hydrogens is 516 g/mol. The zero-order valence-corrected chi connectivity index (χ0v) is 22.7. The number of carbonyl (C=O) groups excluding carboxylic acids is 1. The van der Waals surface area contributed by atoms with Gasteiger partial charge in [0.25, 0.3) is 0 Å². The molecule has 1 fully saturated rings. The predicted octanol–water partition coefficient (Wildman–Crippen LogP) is 2.86. The molecule has 4 rings (SSSR count). The van der Waals surface area contributed by atoms with Crippen LogP contribution < -0.4 is 9.46 Å². The summed E-state index contributed by atoms with van der Waals surface area (Å²) in [6.45, 7) is 5.63. The van der Waals surface area contributed by atoms with Crippen molar-refractivity contribution in [3.05, 3.63) is 48.0 Å². The van der Waals surface area contributed by atoms with Crippen LogP contribution in [0.15, 0.2) is 41.3 Å². The number of β-amino-alcohol motifs (C(OH)–C–C–N with tert-alkyl or cyclic N) is 1. The summed E-state index contributed by atoms with van der Waals surface area (Å²) in [6.07, 6.45) is 0.336. The van der Waals surface area contributed by atoms with E-state index in [0.29, 0.717) is 38.0 Å². The summed E-state index contributed by atoms with van der Waals surface area (Å²) in [6, 6.07) is 7.42. The van der Waals surface area contributed by atoms with E-state index in [-0.39, 0.29) is 47.7 Å². The van der Waals surface area contributed by atoms with E-state index in [1.54, 1.807) is 0 Å². The number of likely N-dealkylation sites (tertiary alicyclic amines) is 1. The molecule has 2 aromatic carbocycles. The van der Waals surface area contributed by atoms with Gasteiger partial charge >= 0.3 is 0 Å². The Hall–Kier alpha value is -2.60. The largest absolute Gasteiger partial charge is 0.492 e. The van der Waals surface area contributed by atoms with Crippen molar-refractivity contribution in [2.75, 3.05) is 46.4 Å². The number of amides is 1. The minimum atomic E-state index is -4.07. The first-order chi connectivity index (χ1) is 17.9. The van der Waals surface area contributed by atoms with Crippen LogP contribution in [0.2, 0.25) is 0 Å². The maximum Gasteiger partial charge on any atom is 0.244 e. The van der Waals surface area contributed by atoms with Crippen LogP contribution in [0.3, 0.4) is 0 Å². The standard InChI is InChI=1S/C27H35F2N3O5S/c1-18(2)26(34)32-10-8-27(9-11-32)16-31(3)15-21(33)14-30-38(35,36)25-7-4-19(12-24(25)37-17-27)22-6-5-20(28)13-23(22)29/h4-7,12-13,18,21,30,33H,8-11,14-17H2,1-3H3. The number of hydrogen-bond donors (Lipinski definition) is 2. The monoisotopic (exact) mass is 551 g/mol. The quantitative estimate of drug-likeness (QED) is 0.596. The minimum Gasteiger partial charge on any atom is -0.492 e. The number of halogens is 2. The maximum absolute atomic E-state index is 14.5. The molecule has 2 aromatic rings. The Labute approximate surface area is 222 Å². The Morgan fingerprint density at radius 1 is 1.16 bits per heavy atom. The maximum atomic E-state index is 14.5. The van der Waals surface area contributed by atoms with Crippen molar-refractivity contribution in [3.8, 4) is 16.9 Å². The van der Waals surface area contributed by atoms with Gasteiger partial charge in [0.1, 0.15) is 22.3 Å². The molecular formula is C27H35F2N3O5S. The van der Waals surface area contributed by atoms with Gasteiger partial charge in [0.15, 0.2) is 0 Å². The summed E-state index contributed by atoms with van der Waals surface area (Å²) < 4.78 is 63.0. The Bertz CT molecular complexity index is 1280. The van der Waals surface area contributed by atoms with Gasteiger partial charge in [0.05, 0.1) is 12.7 Å². The SMILES string of the molecule is CC(C)C(=O)N1CCC2(CC1)COc1cc(-c3ccc(F)cc3F)ccc1S(=O)(=O)NCC(O)CN(C)C2. The van der Waals surface area contributed by atoms with Gasteiger partial charge in [-0.3, -0.25) is 4.79 Å². The van der Waals surface area contributed by atoms with Crippen LogP contribution in [0.5, 0.6) is 5.75 Å². The molecule has 0 radical (unpaired) electrons. The van der Waals surface area contributed by atoms with Crippen molar-refractivity contribution >= 4 is 15.9 Å². The van der Waals surface area contributed by atoms with Crippen molar-refractivity contribution in [2.24, 2.45) is 11.3 Å². The number of ether oxygens (including phenoxy) is 1. The normalized spacial score (nSPS) is 22.3. The second-order valence-corrected chi connectivity index (χ2v) is 12.5. The van der Waals surface area contributed by atoms with Crippen LogP contribution in [0.4, 0.5) is 8.78 Å². The van der Waals surface area contributed by atoms with Gasteiger partial charge < -0.3 is 19.6 Å². The van der Waals surface area contributed by atoms with E-state index in [1.807, 2.05) is 30.7 Å². The van der Waals surface area contributed by atoms with Gasteiger partial charge in [0.2, 0.25) is 15.9 Å². The van der Waals surface area contributed by atoms with Gasteiger partial charge in [-0.25, -0.2) is 21.9 Å². The van der Waals surface area contributed by atoms with Crippen LogP contribution in [-0.2, 0) is 14.8 Å². The summed E-state index contributed by atoms with van der Waals surface area (Å²) in [4.78, 5) is 16.2. The van der Waals surface area contributed by atoms with Gasteiger partial charge in [-0.05, 0) is 49.7 Å². The van der Waals surface area contributed by atoms with Gasteiger partial charge in [-0.2, -0.15) is 0 Å². The third-order valence-electron chi connectivity index (χ3n) is 7.28. The topological polar surface area (TPSA) is 99.2 Å². The Morgan fingerprint density at radius 2 is 1.87 bits per heavy atom. The second-order valence-electron chi connectivity index (χ2n) is 10.8. The van der Waals surface area contributed by atoms with Crippen LogP contribution in [0, 0.1) is 23.0 Å². The number of nitrogens with one attached hydrogen (secondary N) is 1. The Kier molecular flexibility index (Phi) is 8.41. The summed E-state index contributed by atoms with van der Waals surface area (Å²) in [7, 11) is -2.21. The molecule has 0 saturated carbocycles. The molecule has 2 N–H and O–H groups in total. The molecule has 2 aliphatic heterocycles. The highest BCUT2D eigenvalue weighted by Crippen LogP contribution is 2.37. The van der Waals surface area contributed by atoms with E-state index >= 15 is 0 Å². The second kappa shape index (κ2) is 11.3. The number of carbonyl (C=O) groups is 1. The van der Waals surface area contributed by atoms with Gasteiger partial charge in [-0.1, -0.05) is 19.9 Å². The Balaban J connectivity index is 1.71. The van der Waals surface area contributed by atoms with E-state index in [1.165, 1.54) is 24.3 Å². The molecule has 2 heterocycles. The zero-order chi connectivity index (χ0) is 27.7. The molecule has 1 atom stereocenters. The van der Waals surface area contributed by atoms with E-state index in [4.69, 9.17) is 4.74 Å². The number of aliphatic hydroxyl groups excluding tert-OH is 1. The van der Waals surface area contributed by atoms with E-state index in [9.17, 15) is 27.1 Å². The number of nitrogens with zero attached hydrogens (tertiary/aromatic N) is 2. The number of hydrogen-bond acceptors (Lipinski definition) is 6. The van der Waals surface area contributed by atoms with Crippen LogP contribution >= 0.6 is 0 Å². The number of fused-ring (bicyclic) bond motifs is 1. The average Bonchev–Trinajstić information content (AvgIpc) is 2.85. The fraction of sp³-hybridized carbons (Fsp3) is 0.519. The third-order valence-corrected chi connectivity index (χ3v) is 8.74. The van der Waals surface area contributed by atoms with Crippen molar-refractivity contribution < 1.29 is 31.8 Å². The fourth-order valence-corrected chi connectivity index (χ4v) is 6.42. The van der Waals surface area contributed by atoms with Crippen molar-refractivity contribution in [1.29, 1.82) is 0 Å². The summed E-state index contributed by atoms with van der Waals surface area (Å²) in [5.74, 6) is -1.47. The van der Waals surface area contributed by atoms with Crippen molar-refractivity contribution in [3.63, 3.8) is 0 Å². The molecule has 1 amide bonds. The number of likely N-dealkylation sites (N-methyl/N-ethyl adjacent to an activating group) is 1. The van der Waals surface area contributed by atoms with Crippen molar-refractivity contribution in [1.82, 2.24) is 14.5 Å². The van der Waals surface area contributed by atoms with Gasteiger partial charge in [0, 0.05) is 55.7 Å². The minimum absolute atomic E-state index is 0.0384. The lowest BCUT2D eigenvalue weighted by molar-refractivity contribution is -0.137. The molecule has 38 heavy (non-hydrogen) atoms. The molecule has 8 nitrogen and oxygen atoms in total. The number of benzene rings is 2. The molecule has 208 valence electrons. The van der Waals surface area contributed by atoms with Crippen LogP contribution in [0.25, 0.3) is 11.1 Å². The van der Waals surface area contributed by atoms with Crippen LogP contribution in [0.1, 0.15) is 26.7 Å². The van der Waals surface area contributed by atoms with E-state index in [2.05, 4.69) is 4.72 Å². The van der Waals surface area contributed by atoms with E-state index < -0.39 is 33.2 Å². The van der Waals surface area contributed by atoms with E-state index in [0.717, 1.165) is 12.1 Å². The smallest absolute Gasteiger partial charge is 0.244 e. The molecule has 0 aliphatic carbocycles. The zero-order valence-electron chi connectivity index (χ0n) is 21.9. The molecule has 11 heteroatoms. The summed E-state index contributed by atoms with van der Waals surface area (Å²) in [5.41, 5.74) is 0.0410.